The van der Waals surface area contributed by atoms with Crippen LogP contribution in [0.4, 0.5) is 0 Å². The molecule has 3 atom stereocenters. The normalized spacial score (nSPS) is 19.2. The third kappa shape index (κ3) is 4.52. The third-order valence-corrected chi connectivity index (χ3v) is 9.83. The Bertz CT molecular complexity index is 2080. The van der Waals surface area contributed by atoms with Crippen molar-refractivity contribution in [3.63, 3.8) is 0 Å². The number of hydrogen-bond acceptors (Lipinski definition) is 4. The van der Waals surface area contributed by atoms with Gasteiger partial charge >= 0.3 is 5.97 Å². The summed E-state index contributed by atoms with van der Waals surface area (Å²) >= 11 is 6.17. The first-order valence-electron chi connectivity index (χ1n) is 15.1. The van der Waals surface area contributed by atoms with Gasteiger partial charge in [0.15, 0.2) is 0 Å². The predicted octanol–water partition coefficient (Wildman–Crippen LogP) is 9.31. The van der Waals surface area contributed by atoms with Crippen LogP contribution in [0.2, 0.25) is 5.02 Å². The number of hydrogen-bond donors (Lipinski definition) is 1. The van der Waals surface area contributed by atoms with Gasteiger partial charge in [-0.05, 0) is 109 Å². The third-order valence-electron chi connectivity index (χ3n) is 9.57. The number of imidazole rings is 1. The Morgan fingerprint density at radius 1 is 0.841 bits per heavy atom. The summed E-state index contributed by atoms with van der Waals surface area (Å²) in [6.07, 6.45) is 4.97. The molecule has 44 heavy (non-hydrogen) atoms. The maximum Gasteiger partial charge on any atom is 0.335 e. The highest BCUT2D eigenvalue weighted by molar-refractivity contribution is 6.30. The van der Waals surface area contributed by atoms with E-state index < -0.39 is 5.97 Å². The van der Waals surface area contributed by atoms with Gasteiger partial charge in [0.25, 0.3) is 0 Å². The minimum Gasteiger partial charge on any atom is -0.497 e. The molecule has 2 saturated carbocycles. The van der Waals surface area contributed by atoms with Crippen molar-refractivity contribution in [2.24, 2.45) is 11.8 Å². The average Bonchev–Trinajstić information content (AvgIpc) is 3.78. The lowest BCUT2D eigenvalue weighted by Gasteiger charge is -2.26. The number of carbonyl (C=O) groups is 1. The SMILES string of the molecule is COc1ccc(-c2ccc(Cl)cc2)c(-c2ccc3cc(-c4nc5cc(C(=O)O)ccc5n4C4CC5CCC4C5)ccc3n2)c1. The Morgan fingerprint density at radius 3 is 2.43 bits per heavy atom. The van der Waals surface area contributed by atoms with Crippen LogP contribution in [0.1, 0.15) is 42.1 Å². The quantitative estimate of drug-likeness (QED) is 0.206. The maximum atomic E-state index is 11.7. The van der Waals surface area contributed by atoms with Crippen LogP contribution in [-0.4, -0.2) is 32.7 Å². The number of halogens is 1. The summed E-state index contributed by atoms with van der Waals surface area (Å²) in [5, 5.41) is 11.3. The number of aromatic carboxylic acids is 1. The van der Waals surface area contributed by atoms with Crippen molar-refractivity contribution in [1.82, 2.24) is 14.5 Å². The van der Waals surface area contributed by atoms with Crippen LogP contribution in [0.25, 0.3) is 55.7 Å². The van der Waals surface area contributed by atoms with Crippen LogP contribution in [0.5, 0.6) is 5.75 Å². The summed E-state index contributed by atoms with van der Waals surface area (Å²) in [6, 6.07) is 30.0. The Morgan fingerprint density at radius 2 is 1.68 bits per heavy atom. The van der Waals surface area contributed by atoms with Gasteiger partial charge in [0.05, 0.1) is 34.9 Å². The minimum atomic E-state index is -0.939. The molecule has 2 heterocycles. The van der Waals surface area contributed by atoms with Gasteiger partial charge in [-0.3, -0.25) is 0 Å². The van der Waals surface area contributed by atoms with Gasteiger partial charge in [-0.15, -0.1) is 0 Å². The monoisotopic (exact) mass is 599 g/mol. The molecule has 6 aromatic rings. The average molecular weight is 600 g/mol. The highest BCUT2D eigenvalue weighted by Crippen LogP contribution is 2.52. The van der Waals surface area contributed by atoms with Gasteiger partial charge in [0, 0.05) is 27.6 Å². The summed E-state index contributed by atoms with van der Waals surface area (Å²) < 4.78 is 7.96. The molecule has 8 rings (SSSR count). The summed E-state index contributed by atoms with van der Waals surface area (Å²) in [6.45, 7) is 0. The van der Waals surface area contributed by atoms with E-state index in [0.717, 1.165) is 73.8 Å². The fraction of sp³-hybridized carbons (Fsp3) is 0.216. The van der Waals surface area contributed by atoms with E-state index in [1.54, 1.807) is 19.2 Å². The molecule has 0 radical (unpaired) electrons. The molecule has 3 unspecified atom stereocenters. The predicted molar refractivity (Wildman–Crippen MR) is 174 cm³/mol. The molecule has 7 heteroatoms. The zero-order valence-electron chi connectivity index (χ0n) is 24.2. The van der Waals surface area contributed by atoms with Crippen molar-refractivity contribution >= 4 is 39.5 Å². The van der Waals surface area contributed by atoms with Gasteiger partial charge in [0.1, 0.15) is 11.6 Å². The number of nitrogens with zero attached hydrogens (tertiary/aromatic N) is 3. The van der Waals surface area contributed by atoms with Crippen LogP contribution >= 0.6 is 11.6 Å². The van der Waals surface area contributed by atoms with Gasteiger partial charge in [-0.1, -0.05) is 42.3 Å². The minimum absolute atomic E-state index is 0.257. The molecule has 4 aromatic carbocycles. The van der Waals surface area contributed by atoms with Crippen molar-refractivity contribution in [2.45, 2.75) is 31.7 Å². The number of methoxy groups -OCH3 is 1. The standard InChI is InChI=1S/C37H30ClN3O3/c1-44-28-11-12-29(22-4-9-27(38)10-5-22)30(20-28)32-14-6-23-18-25(7-13-31(23)39-32)36-40-33-19-26(37(42)43)8-15-34(33)41(36)35-17-21-2-3-24(35)16-21/h4-15,18-21,24,35H,2-3,16-17H2,1H3,(H,42,43). The molecule has 0 saturated heterocycles. The molecular formula is C37H30ClN3O3. The van der Waals surface area contributed by atoms with Gasteiger partial charge < -0.3 is 14.4 Å². The lowest BCUT2D eigenvalue weighted by atomic mass is 9.94. The number of rotatable bonds is 6. The van der Waals surface area contributed by atoms with Gasteiger partial charge in [-0.2, -0.15) is 0 Å². The molecule has 2 aliphatic carbocycles. The molecule has 0 aliphatic heterocycles. The Hall–Kier alpha value is -4.68. The fourth-order valence-electron chi connectivity index (χ4n) is 7.46. The Labute approximate surface area is 259 Å². The van der Waals surface area contributed by atoms with E-state index in [2.05, 4.69) is 41.0 Å². The smallest absolute Gasteiger partial charge is 0.335 e. The first-order chi connectivity index (χ1) is 21.4. The maximum absolute atomic E-state index is 11.7. The molecule has 2 aromatic heterocycles. The molecule has 0 spiro atoms. The first-order valence-corrected chi connectivity index (χ1v) is 15.4. The number of carboxylic acid groups (broad SMARTS) is 1. The molecule has 1 N–H and O–H groups in total. The Balaban J connectivity index is 1.23. The van der Waals surface area contributed by atoms with Crippen LogP contribution in [0.3, 0.4) is 0 Å². The molecule has 0 amide bonds. The van der Waals surface area contributed by atoms with Gasteiger partial charge in [0.2, 0.25) is 0 Å². The number of aromatic nitrogens is 3. The lowest BCUT2D eigenvalue weighted by Crippen LogP contribution is -2.17. The van der Waals surface area contributed by atoms with E-state index in [0.29, 0.717) is 17.0 Å². The van der Waals surface area contributed by atoms with Crippen LogP contribution in [0.15, 0.2) is 91.0 Å². The zero-order chi connectivity index (χ0) is 29.9. The van der Waals surface area contributed by atoms with Crippen molar-refractivity contribution in [1.29, 1.82) is 0 Å². The van der Waals surface area contributed by atoms with Crippen molar-refractivity contribution in [3.8, 4) is 39.5 Å². The van der Waals surface area contributed by atoms with E-state index in [4.69, 9.17) is 26.3 Å². The van der Waals surface area contributed by atoms with Crippen molar-refractivity contribution < 1.29 is 14.6 Å². The second-order valence-electron chi connectivity index (χ2n) is 12.1. The van der Waals surface area contributed by atoms with Crippen LogP contribution in [-0.2, 0) is 0 Å². The van der Waals surface area contributed by atoms with Crippen LogP contribution < -0.4 is 4.74 Å². The lowest BCUT2D eigenvalue weighted by molar-refractivity contribution is 0.0697. The number of benzene rings is 4. The van der Waals surface area contributed by atoms with E-state index in [9.17, 15) is 9.90 Å². The number of fused-ring (bicyclic) bond motifs is 4. The van der Waals surface area contributed by atoms with E-state index >= 15 is 0 Å². The Kier molecular flexibility index (Phi) is 6.42. The van der Waals surface area contributed by atoms with E-state index in [1.165, 1.54) is 19.3 Å². The summed E-state index contributed by atoms with van der Waals surface area (Å²) in [5.74, 6) is 2.12. The second kappa shape index (κ2) is 10.5. The number of carboxylic acids is 1. The van der Waals surface area contributed by atoms with Crippen LogP contribution in [0, 0.1) is 11.8 Å². The molecule has 2 fully saturated rings. The fourth-order valence-corrected chi connectivity index (χ4v) is 7.58. The summed E-state index contributed by atoms with van der Waals surface area (Å²) in [7, 11) is 1.67. The van der Waals surface area contributed by atoms with E-state index in [1.807, 2.05) is 42.5 Å². The summed E-state index contributed by atoms with van der Waals surface area (Å²) in [5.41, 5.74) is 7.80. The molecule has 2 bridgehead atoms. The highest BCUT2D eigenvalue weighted by atomic mass is 35.5. The molecule has 218 valence electrons. The molecule has 2 aliphatic rings. The largest absolute Gasteiger partial charge is 0.497 e. The number of ether oxygens (including phenoxy) is 1. The molecule has 6 nitrogen and oxygen atoms in total. The topological polar surface area (TPSA) is 77.2 Å². The van der Waals surface area contributed by atoms with Gasteiger partial charge in [-0.25, -0.2) is 14.8 Å². The van der Waals surface area contributed by atoms with Crippen molar-refractivity contribution in [3.05, 3.63) is 102 Å². The van der Waals surface area contributed by atoms with Crippen molar-refractivity contribution in [2.75, 3.05) is 7.11 Å². The zero-order valence-corrected chi connectivity index (χ0v) is 25.0. The highest BCUT2D eigenvalue weighted by Gasteiger charge is 2.42. The van der Waals surface area contributed by atoms with E-state index in [-0.39, 0.29) is 5.56 Å². The number of pyridine rings is 1. The first kappa shape index (κ1) is 26.9. The second-order valence-corrected chi connectivity index (χ2v) is 12.5. The summed E-state index contributed by atoms with van der Waals surface area (Å²) in [4.78, 5) is 21.9. The molecular weight excluding hydrogens is 570 g/mol.